The SMILES string of the molecule is CCCCCN1C(=O)C(c2ccc(Cl)cc2Cl)=C(N(CCOC)CCOC)C1=O. The summed E-state index contributed by atoms with van der Waals surface area (Å²) in [5, 5.41) is 0.799. The number of nitrogens with zero attached hydrogens (tertiary/aromatic N) is 2. The lowest BCUT2D eigenvalue weighted by Crippen LogP contribution is -2.38. The molecule has 0 aromatic heterocycles. The number of methoxy groups -OCH3 is 2. The van der Waals surface area contributed by atoms with Crippen molar-refractivity contribution in [1.29, 1.82) is 0 Å². The minimum atomic E-state index is -0.329. The molecule has 0 N–H and O–H groups in total. The van der Waals surface area contributed by atoms with Crippen LogP contribution in [0.1, 0.15) is 31.7 Å². The summed E-state index contributed by atoms with van der Waals surface area (Å²) in [5.74, 6) is -0.635. The van der Waals surface area contributed by atoms with E-state index in [0.29, 0.717) is 59.7 Å². The molecule has 2 amide bonds. The summed E-state index contributed by atoms with van der Waals surface area (Å²) in [4.78, 5) is 29.7. The summed E-state index contributed by atoms with van der Waals surface area (Å²) in [5.41, 5.74) is 1.15. The van der Waals surface area contributed by atoms with Gasteiger partial charge in [0.2, 0.25) is 0 Å². The van der Waals surface area contributed by atoms with Crippen molar-refractivity contribution in [1.82, 2.24) is 9.80 Å². The zero-order valence-electron chi connectivity index (χ0n) is 17.2. The number of imide groups is 1. The number of hydrogen-bond donors (Lipinski definition) is 0. The number of halogens is 2. The lowest BCUT2D eigenvalue weighted by molar-refractivity contribution is -0.137. The van der Waals surface area contributed by atoms with Crippen LogP contribution in [0, 0.1) is 0 Å². The van der Waals surface area contributed by atoms with Crippen molar-refractivity contribution in [3.05, 3.63) is 39.5 Å². The number of carbonyl (C=O) groups is 2. The zero-order chi connectivity index (χ0) is 21.4. The first-order valence-electron chi connectivity index (χ1n) is 9.74. The first-order valence-corrected chi connectivity index (χ1v) is 10.5. The van der Waals surface area contributed by atoms with Gasteiger partial charge in [0, 0.05) is 44.4 Å². The van der Waals surface area contributed by atoms with Crippen molar-refractivity contribution in [2.45, 2.75) is 26.2 Å². The van der Waals surface area contributed by atoms with E-state index in [1.807, 2.05) is 4.90 Å². The molecule has 0 saturated heterocycles. The molecule has 0 saturated carbocycles. The van der Waals surface area contributed by atoms with E-state index in [2.05, 4.69) is 6.92 Å². The highest BCUT2D eigenvalue weighted by atomic mass is 35.5. The van der Waals surface area contributed by atoms with E-state index in [0.717, 1.165) is 19.3 Å². The van der Waals surface area contributed by atoms with Crippen LogP contribution in [0.15, 0.2) is 23.9 Å². The maximum Gasteiger partial charge on any atom is 0.277 e. The quantitative estimate of drug-likeness (QED) is 0.363. The van der Waals surface area contributed by atoms with E-state index >= 15 is 0 Å². The highest BCUT2D eigenvalue weighted by Gasteiger charge is 2.41. The largest absolute Gasteiger partial charge is 0.383 e. The molecule has 0 radical (unpaired) electrons. The second-order valence-corrected chi connectivity index (χ2v) is 7.63. The van der Waals surface area contributed by atoms with Crippen LogP contribution in [0.5, 0.6) is 0 Å². The Hall–Kier alpha value is -1.60. The van der Waals surface area contributed by atoms with E-state index in [1.165, 1.54) is 4.90 Å². The van der Waals surface area contributed by atoms with Crippen molar-refractivity contribution in [3.8, 4) is 0 Å². The van der Waals surface area contributed by atoms with Gasteiger partial charge in [-0.1, -0.05) is 49.0 Å². The molecular weight excluding hydrogens is 415 g/mol. The Kier molecular flexibility index (Phi) is 9.43. The van der Waals surface area contributed by atoms with Crippen LogP contribution < -0.4 is 0 Å². The maximum atomic E-state index is 13.3. The number of amides is 2. The Bertz CT molecular complexity index is 759. The third-order valence-electron chi connectivity index (χ3n) is 4.78. The molecule has 0 atom stereocenters. The molecule has 1 heterocycles. The van der Waals surface area contributed by atoms with Crippen LogP contribution in [-0.2, 0) is 19.1 Å². The number of hydrogen-bond acceptors (Lipinski definition) is 5. The van der Waals surface area contributed by atoms with Crippen LogP contribution in [0.4, 0.5) is 0 Å². The van der Waals surface area contributed by atoms with Gasteiger partial charge in [-0.2, -0.15) is 0 Å². The topological polar surface area (TPSA) is 59.1 Å². The predicted molar refractivity (Wildman–Crippen MR) is 115 cm³/mol. The monoisotopic (exact) mass is 442 g/mol. The van der Waals surface area contributed by atoms with E-state index in [4.69, 9.17) is 32.7 Å². The Labute approximate surface area is 182 Å². The Morgan fingerprint density at radius 3 is 2.21 bits per heavy atom. The Morgan fingerprint density at radius 2 is 1.66 bits per heavy atom. The fraction of sp³-hybridized carbons (Fsp3) is 0.524. The number of unbranched alkanes of at least 4 members (excludes halogenated alkanes) is 2. The number of carbonyl (C=O) groups excluding carboxylic acids is 2. The molecule has 8 heteroatoms. The highest BCUT2D eigenvalue weighted by Crippen LogP contribution is 2.36. The standard InChI is InChI=1S/C21H28Cl2N2O4/c1-4-5-6-9-25-20(26)18(16-8-7-15(22)14-17(16)23)19(21(25)27)24(10-12-28-2)11-13-29-3/h7-8,14H,4-6,9-13H2,1-3H3. The van der Waals surface area contributed by atoms with Crippen molar-refractivity contribution in [2.75, 3.05) is 47.1 Å². The van der Waals surface area contributed by atoms with Gasteiger partial charge in [-0.3, -0.25) is 14.5 Å². The van der Waals surface area contributed by atoms with Gasteiger partial charge >= 0.3 is 0 Å². The average Bonchev–Trinajstić information content (AvgIpc) is 2.93. The fourth-order valence-corrected chi connectivity index (χ4v) is 3.76. The second kappa shape index (κ2) is 11.6. The molecule has 160 valence electrons. The molecule has 1 aromatic rings. The minimum Gasteiger partial charge on any atom is -0.383 e. The van der Waals surface area contributed by atoms with Crippen LogP contribution in [-0.4, -0.2) is 68.7 Å². The van der Waals surface area contributed by atoms with E-state index in [-0.39, 0.29) is 11.8 Å². The first kappa shape index (κ1) is 23.7. The normalized spacial score (nSPS) is 14.3. The van der Waals surface area contributed by atoms with Gasteiger partial charge in [-0.25, -0.2) is 0 Å². The smallest absolute Gasteiger partial charge is 0.277 e. The van der Waals surface area contributed by atoms with Gasteiger partial charge in [0.05, 0.1) is 23.8 Å². The summed E-state index contributed by atoms with van der Waals surface area (Å²) in [6.07, 6.45) is 2.71. The maximum absolute atomic E-state index is 13.3. The third-order valence-corrected chi connectivity index (χ3v) is 5.32. The summed E-state index contributed by atoms with van der Waals surface area (Å²) < 4.78 is 10.4. The molecule has 0 aliphatic carbocycles. The summed E-state index contributed by atoms with van der Waals surface area (Å²) in [7, 11) is 3.19. The Balaban J connectivity index is 2.52. The number of ether oxygens (including phenoxy) is 2. The van der Waals surface area contributed by atoms with Crippen LogP contribution in [0.2, 0.25) is 10.0 Å². The minimum absolute atomic E-state index is 0.306. The van der Waals surface area contributed by atoms with Crippen LogP contribution in [0.25, 0.3) is 5.57 Å². The second-order valence-electron chi connectivity index (χ2n) is 6.79. The number of benzene rings is 1. The zero-order valence-corrected chi connectivity index (χ0v) is 18.7. The molecule has 29 heavy (non-hydrogen) atoms. The molecule has 1 aliphatic rings. The van der Waals surface area contributed by atoms with Gasteiger partial charge in [-0.05, 0) is 18.6 Å². The molecular formula is C21H28Cl2N2O4. The molecule has 1 aromatic carbocycles. The van der Waals surface area contributed by atoms with E-state index in [9.17, 15) is 9.59 Å². The van der Waals surface area contributed by atoms with Gasteiger partial charge in [-0.15, -0.1) is 0 Å². The van der Waals surface area contributed by atoms with Gasteiger partial charge < -0.3 is 14.4 Å². The molecule has 2 rings (SSSR count). The van der Waals surface area contributed by atoms with Gasteiger partial charge in [0.1, 0.15) is 5.70 Å². The van der Waals surface area contributed by atoms with Crippen molar-refractivity contribution in [3.63, 3.8) is 0 Å². The lowest BCUT2D eigenvalue weighted by atomic mass is 10.0. The van der Waals surface area contributed by atoms with E-state index < -0.39 is 0 Å². The lowest BCUT2D eigenvalue weighted by Gasteiger charge is -2.25. The van der Waals surface area contributed by atoms with Gasteiger partial charge in [0.15, 0.2) is 0 Å². The molecule has 0 spiro atoms. The molecule has 1 aliphatic heterocycles. The summed E-state index contributed by atoms with van der Waals surface area (Å²) in [6.45, 7) is 4.18. The summed E-state index contributed by atoms with van der Waals surface area (Å²) in [6, 6.07) is 4.93. The van der Waals surface area contributed by atoms with Crippen LogP contribution in [0.3, 0.4) is 0 Å². The highest BCUT2D eigenvalue weighted by molar-refractivity contribution is 6.41. The van der Waals surface area contributed by atoms with Crippen LogP contribution >= 0.6 is 23.2 Å². The fourth-order valence-electron chi connectivity index (χ4n) is 3.25. The predicted octanol–water partition coefficient (Wildman–Crippen LogP) is 3.86. The van der Waals surface area contributed by atoms with E-state index in [1.54, 1.807) is 32.4 Å². The van der Waals surface area contributed by atoms with Crippen molar-refractivity contribution in [2.24, 2.45) is 0 Å². The molecule has 6 nitrogen and oxygen atoms in total. The Morgan fingerprint density at radius 1 is 1.00 bits per heavy atom. The number of rotatable bonds is 12. The summed E-state index contributed by atoms with van der Waals surface area (Å²) >= 11 is 12.4. The first-order chi connectivity index (χ1) is 14.0. The molecule has 0 unspecified atom stereocenters. The van der Waals surface area contributed by atoms with Gasteiger partial charge in [0.25, 0.3) is 11.8 Å². The average molecular weight is 443 g/mol. The van der Waals surface area contributed by atoms with Crippen molar-refractivity contribution >= 4 is 40.6 Å². The third kappa shape index (κ3) is 5.72. The molecule has 0 bridgehead atoms. The van der Waals surface area contributed by atoms with Crippen molar-refractivity contribution < 1.29 is 19.1 Å². The molecule has 0 fully saturated rings.